The summed E-state index contributed by atoms with van der Waals surface area (Å²) in [4.78, 5) is 31.3. The van der Waals surface area contributed by atoms with Gasteiger partial charge >= 0.3 is 0 Å². The Kier molecular flexibility index (Phi) is 6.47. The van der Waals surface area contributed by atoms with Crippen molar-refractivity contribution in [1.82, 2.24) is 9.80 Å². The van der Waals surface area contributed by atoms with Crippen LogP contribution in [0.2, 0.25) is 0 Å². The number of rotatable bonds is 8. The molecule has 1 atom stereocenters. The van der Waals surface area contributed by atoms with Crippen LogP contribution in [0.5, 0.6) is 0 Å². The molecular weight excluding hydrogens is 400 g/mol. The van der Waals surface area contributed by atoms with E-state index in [2.05, 4.69) is 25.7 Å². The summed E-state index contributed by atoms with van der Waals surface area (Å²) in [5.41, 5.74) is 4.03. The van der Waals surface area contributed by atoms with E-state index in [4.69, 9.17) is 4.42 Å². The van der Waals surface area contributed by atoms with E-state index in [0.717, 1.165) is 49.2 Å². The van der Waals surface area contributed by atoms with Crippen LogP contribution in [0.15, 0.2) is 51.7 Å². The van der Waals surface area contributed by atoms with Gasteiger partial charge in [-0.3, -0.25) is 9.59 Å². The van der Waals surface area contributed by atoms with Crippen LogP contribution in [-0.4, -0.2) is 41.9 Å². The number of carbonyl (C=O) groups excluding carboxylic acids is 1. The van der Waals surface area contributed by atoms with Gasteiger partial charge in [0.25, 0.3) is 5.91 Å². The fraction of sp³-hybridized carbons (Fsp3) is 0.407. The molecule has 4 rings (SSSR count). The van der Waals surface area contributed by atoms with Gasteiger partial charge in [0.15, 0.2) is 5.43 Å². The van der Waals surface area contributed by atoms with Crippen molar-refractivity contribution in [3.63, 3.8) is 0 Å². The van der Waals surface area contributed by atoms with Crippen molar-refractivity contribution in [2.45, 2.75) is 46.6 Å². The van der Waals surface area contributed by atoms with Crippen molar-refractivity contribution in [3.05, 3.63) is 80.7 Å². The molecule has 3 aromatic rings. The van der Waals surface area contributed by atoms with Gasteiger partial charge in [-0.1, -0.05) is 56.7 Å². The van der Waals surface area contributed by atoms with Crippen LogP contribution in [0.25, 0.3) is 11.0 Å². The predicted molar refractivity (Wildman–Crippen MR) is 128 cm³/mol. The monoisotopic (exact) mass is 432 g/mol. The van der Waals surface area contributed by atoms with Crippen LogP contribution < -0.4 is 5.43 Å². The lowest BCUT2D eigenvalue weighted by molar-refractivity contribution is 0.0720. The zero-order valence-electron chi connectivity index (χ0n) is 19.5. The first-order chi connectivity index (χ1) is 15.5. The Morgan fingerprint density at radius 2 is 1.72 bits per heavy atom. The molecule has 0 saturated carbocycles. The molecule has 5 nitrogen and oxygen atoms in total. The van der Waals surface area contributed by atoms with Crippen molar-refractivity contribution >= 4 is 16.9 Å². The Balaban J connectivity index is 1.80. The highest BCUT2D eigenvalue weighted by Crippen LogP contribution is 2.38. The highest BCUT2D eigenvalue weighted by molar-refractivity contribution is 5.99. The van der Waals surface area contributed by atoms with Gasteiger partial charge in [-0.15, -0.1) is 0 Å². The van der Waals surface area contributed by atoms with E-state index >= 15 is 0 Å². The second-order valence-electron chi connectivity index (χ2n) is 8.55. The first-order valence-corrected chi connectivity index (χ1v) is 11.7. The van der Waals surface area contributed by atoms with E-state index in [0.29, 0.717) is 23.1 Å². The third kappa shape index (κ3) is 3.97. The van der Waals surface area contributed by atoms with Gasteiger partial charge in [-0.05, 0) is 62.7 Å². The molecule has 168 valence electrons. The first-order valence-electron chi connectivity index (χ1n) is 11.7. The Labute approximate surface area is 189 Å². The van der Waals surface area contributed by atoms with Crippen LogP contribution in [0.3, 0.4) is 0 Å². The summed E-state index contributed by atoms with van der Waals surface area (Å²) in [6, 6.07) is 13.4. The summed E-state index contributed by atoms with van der Waals surface area (Å²) in [6.45, 7) is 11.8. The maximum atomic E-state index is 13.7. The Morgan fingerprint density at radius 3 is 2.38 bits per heavy atom. The highest BCUT2D eigenvalue weighted by atomic mass is 16.3. The molecule has 0 bridgehead atoms. The number of hydrogen-bond acceptors (Lipinski definition) is 4. The van der Waals surface area contributed by atoms with E-state index < -0.39 is 6.04 Å². The molecule has 0 fully saturated rings. The lowest BCUT2D eigenvalue weighted by Gasteiger charge is -2.26. The van der Waals surface area contributed by atoms with Gasteiger partial charge in [0.1, 0.15) is 5.58 Å². The van der Waals surface area contributed by atoms with E-state index in [1.807, 2.05) is 54.3 Å². The summed E-state index contributed by atoms with van der Waals surface area (Å²) in [5.74, 6) is 0.00357. The van der Waals surface area contributed by atoms with Crippen molar-refractivity contribution in [3.8, 4) is 0 Å². The normalized spacial score (nSPS) is 15.7. The smallest absolute Gasteiger partial charge is 0.290 e. The average molecular weight is 433 g/mol. The van der Waals surface area contributed by atoms with Gasteiger partial charge in [0.2, 0.25) is 5.76 Å². The molecular formula is C27H32N2O3. The minimum Gasteiger partial charge on any atom is -0.450 e. The topological polar surface area (TPSA) is 53.8 Å². The maximum absolute atomic E-state index is 13.7. The van der Waals surface area contributed by atoms with Crippen molar-refractivity contribution in [2.75, 3.05) is 26.2 Å². The molecule has 1 unspecified atom stereocenters. The van der Waals surface area contributed by atoms with Crippen LogP contribution in [0.1, 0.15) is 66.0 Å². The lowest BCUT2D eigenvalue weighted by Crippen LogP contribution is -2.33. The third-order valence-corrected chi connectivity index (χ3v) is 6.60. The summed E-state index contributed by atoms with van der Waals surface area (Å²) in [7, 11) is 0. The fourth-order valence-electron chi connectivity index (χ4n) is 4.62. The van der Waals surface area contributed by atoms with Gasteiger partial charge in [-0.25, -0.2) is 0 Å². The molecule has 5 heteroatoms. The predicted octanol–water partition coefficient (Wildman–Crippen LogP) is 4.94. The van der Waals surface area contributed by atoms with Gasteiger partial charge in [-0.2, -0.15) is 0 Å². The third-order valence-electron chi connectivity index (χ3n) is 6.60. The SMILES string of the molecule is CCc1ccc2oc3c(c(=O)c2c1)C(c1ccc(C)cc1)N(CCCN(CC)CC)C3=O. The number of nitrogens with zero attached hydrogens (tertiary/aromatic N) is 2. The summed E-state index contributed by atoms with van der Waals surface area (Å²) < 4.78 is 6.07. The van der Waals surface area contributed by atoms with Crippen molar-refractivity contribution in [1.29, 1.82) is 0 Å². The quantitative estimate of drug-likeness (QED) is 0.506. The molecule has 1 amide bonds. The van der Waals surface area contributed by atoms with Gasteiger partial charge < -0.3 is 14.2 Å². The van der Waals surface area contributed by atoms with Crippen LogP contribution in [-0.2, 0) is 6.42 Å². The molecule has 0 radical (unpaired) electrons. The molecule has 2 aromatic carbocycles. The zero-order chi connectivity index (χ0) is 22.8. The minimum atomic E-state index is -0.416. The number of hydrogen-bond donors (Lipinski definition) is 0. The van der Waals surface area contributed by atoms with Crippen LogP contribution in [0, 0.1) is 6.92 Å². The maximum Gasteiger partial charge on any atom is 0.290 e. The second kappa shape index (κ2) is 9.29. The molecule has 0 spiro atoms. The van der Waals surface area contributed by atoms with Crippen molar-refractivity contribution in [2.24, 2.45) is 0 Å². The average Bonchev–Trinajstić information content (AvgIpc) is 3.09. The zero-order valence-corrected chi connectivity index (χ0v) is 19.5. The summed E-state index contributed by atoms with van der Waals surface area (Å²) in [5, 5.41) is 0.554. The van der Waals surface area contributed by atoms with E-state index in [1.165, 1.54) is 0 Å². The molecule has 1 aliphatic heterocycles. The molecule has 0 aliphatic carbocycles. The summed E-state index contributed by atoms with van der Waals surface area (Å²) >= 11 is 0. The van der Waals surface area contributed by atoms with E-state index in [-0.39, 0.29) is 17.1 Å². The number of carbonyl (C=O) groups is 1. The molecule has 1 aliphatic rings. The van der Waals surface area contributed by atoms with Crippen LogP contribution >= 0.6 is 0 Å². The molecule has 0 N–H and O–H groups in total. The fourth-order valence-corrected chi connectivity index (χ4v) is 4.62. The highest BCUT2D eigenvalue weighted by Gasteiger charge is 2.42. The van der Waals surface area contributed by atoms with Gasteiger partial charge in [0.05, 0.1) is 17.0 Å². The van der Waals surface area contributed by atoms with E-state index in [1.54, 1.807) is 0 Å². The number of amides is 1. The summed E-state index contributed by atoms with van der Waals surface area (Å²) in [6.07, 6.45) is 1.68. The Bertz CT molecular complexity index is 1180. The number of fused-ring (bicyclic) bond motifs is 2. The Hall–Kier alpha value is -2.92. The van der Waals surface area contributed by atoms with E-state index in [9.17, 15) is 9.59 Å². The largest absolute Gasteiger partial charge is 0.450 e. The molecule has 0 saturated heterocycles. The number of benzene rings is 2. The van der Waals surface area contributed by atoms with Gasteiger partial charge in [0, 0.05) is 6.54 Å². The lowest BCUT2D eigenvalue weighted by atomic mass is 9.97. The first kappa shape index (κ1) is 22.3. The molecule has 32 heavy (non-hydrogen) atoms. The second-order valence-corrected chi connectivity index (χ2v) is 8.55. The molecule has 2 heterocycles. The molecule has 1 aromatic heterocycles. The number of aryl methyl sites for hydroxylation is 2. The van der Waals surface area contributed by atoms with Crippen molar-refractivity contribution < 1.29 is 9.21 Å². The standard InChI is InChI=1S/C27H32N2O3/c1-5-19-11-14-22-21(17-19)25(30)23-24(20-12-9-18(4)10-13-20)29(27(31)26(23)32-22)16-8-15-28(6-2)7-3/h9-14,17,24H,5-8,15-16H2,1-4H3. The Morgan fingerprint density at radius 1 is 1.00 bits per heavy atom. The minimum absolute atomic E-state index is 0.0956. The van der Waals surface area contributed by atoms with Crippen LogP contribution in [0.4, 0.5) is 0 Å².